The molecular formula is C20H23ClO3. The Bertz CT molecular complexity index is 654. The molecule has 128 valence electrons. The summed E-state index contributed by atoms with van der Waals surface area (Å²) < 4.78 is 5.79. The first kappa shape index (κ1) is 20.0. The molecule has 0 fully saturated rings. The monoisotopic (exact) mass is 346 g/mol. The van der Waals surface area contributed by atoms with Crippen molar-refractivity contribution in [2.75, 3.05) is 0 Å². The van der Waals surface area contributed by atoms with E-state index in [1.165, 1.54) is 5.56 Å². The summed E-state index contributed by atoms with van der Waals surface area (Å²) in [7, 11) is 0. The largest absolute Gasteiger partial charge is 0.489 e. The number of hydrogen-bond acceptors (Lipinski definition) is 3. The predicted molar refractivity (Wildman–Crippen MR) is 95.0 cm³/mol. The van der Waals surface area contributed by atoms with E-state index in [2.05, 4.69) is 39.0 Å². The summed E-state index contributed by atoms with van der Waals surface area (Å²) in [6, 6.07) is 16.1. The van der Waals surface area contributed by atoms with E-state index >= 15 is 0 Å². The van der Waals surface area contributed by atoms with Gasteiger partial charge in [0, 0.05) is 5.02 Å². The van der Waals surface area contributed by atoms with Gasteiger partial charge in [0.25, 0.3) is 0 Å². The van der Waals surface area contributed by atoms with Gasteiger partial charge in [0.2, 0.25) is 0 Å². The molecule has 0 saturated carbocycles. The van der Waals surface area contributed by atoms with Crippen molar-refractivity contribution in [3.05, 3.63) is 64.7 Å². The minimum absolute atomic E-state index is 0.250. The van der Waals surface area contributed by atoms with Crippen LogP contribution in [-0.4, -0.2) is 6.15 Å². The van der Waals surface area contributed by atoms with Gasteiger partial charge in [0.1, 0.15) is 12.4 Å². The maximum atomic E-state index is 8.12. The number of ether oxygens (including phenoxy) is 1. The van der Waals surface area contributed by atoms with Crippen molar-refractivity contribution >= 4 is 17.8 Å². The molecule has 2 aromatic carbocycles. The van der Waals surface area contributed by atoms with E-state index in [9.17, 15) is 0 Å². The predicted octanol–water partition coefficient (Wildman–Crippen LogP) is 5.31. The number of aryl methyl sites for hydroxylation is 1. The summed E-state index contributed by atoms with van der Waals surface area (Å²) in [6.45, 7) is 7.31. The van der Waals surface area contributed by atoms with Gasteiger partial charge in [-0.3, -0.25) is 0 Å². The second kappa shape index (κ2) is 9.92. The minimum Gasteiger partial charge on any atom is -0.489 e. The molecule has 4 heteroatoms. The number of benzene rings is 2. The topological polar surface area (TPSA) is 43.4 Å². The zero-order valence-corrected chi connectivity index (χ0v) is 15.1. The number of halogens is 1. The average molecular weight is 347 g/mol. The number of hydrogen-bond donors (Lipinski definition) is 0. The molecule has 0 unspecified atom stereocenters. The van der Waals surface area contributed by atoms with Crippen molar-refractivity contribution in [1.82, 2.24) is 0 Å². The van der Waals surface area contributed by atoms with Crippen LogP contribution in [0.25, 0.3) is 0 Å². The van der Waals surface area contributed by atoms with Gasteiger partial charge in [-0.05, 0) is 41.5 Å². The Morgan fingerprint density at radius 1 is 1.04 bits per heavy atom. The Hall–Kier alpha value is -2.09. The van der Waals surface area contributed by atoms with Gasteiger partial charge in [0.05, 0.1) is 0 Å². The second-order valence-corrected chi connectivity index (χ2v) is 7.08. The summed E-state index contributed by atoms with van der Waals surface area (Å²) in [5, 5.41) is 0.796. The van der Waals surface area contributed by atoms with Crippen molar-refractivity contribution < 1.29 is 14.3 Å². The van der Waals surface area contributed by atoms with E-state index in [0.717, 1.165) is 29.2 Å². The van der Waals surface area contributed by atoms with E-state index in [1.54, 1.807) is 0 Å². The zero-order chi connectivity index (χ0) is 18.0. The van der Waals surface area contributed by atoms with Gasteiger partial charge in [-0.1, -0.05) is 68.8 Å². The van der Waals surface area contributed by atoms with Crippen LogP contribution < -0.4 is 4.74 Å². The second-order valence-electron chi connectivity index (χ2n) is 6.67. The molecule has 0 spiro atoms. The van der Waals surface area contributed by atoms with Crippen LogP contribution in [-0.2, 0) is 22.6 Å². The van der Waals surface area contributed by atoms with Gasteiger partial charge >= 0.3 is 6.15 Å². The molecule has 0 aliphatic heterocycles. The van der Waals surface area contributed by atoms with E-state index < -0.39 is 0 Å². The lowest BCUT2D eigenvalue weighted by atomic mass is 9.89. The summed E-state index contributed by atoms with van der Waals surface area (Å²) in [5.41, 5.74) is 2.68. The van der Waals surface area contributed by atoms with Crippen molar-refractivity contribution in [3.63, 3.8) is 0 Å². The minimum atomic E-state index is 0.250. The van der Waals surface area contributed by atoms with Gasteiger partial charge in [-0.25, -0.2) is 0 Å². The lowest BCUT2D eigenvalue weighted by Gasteiger charge is -2.18. The first-order valence-corrected chi connectivity index (χ1v) is 8.18. The highest BCUT2D eigenvalue weighted by molar-refractivity contribution is 6.31. The van der Waals surface area contributed by atoms with E-state index in [4.69, 9.17) is 25.9 Å². The first-order valence-electron chi connectivity index (χ1n) is 7.80. The van der Waals surface area contributed by atoms with E-state index in [1.807, 2.05) is 30.3 Å². The van der Waals surface area contributed by atoms with Crippen molar-refractivity contribution in [2.45, 2.75) is 40.2 Å². The SMILES string of the molecule is CC(C)(C)CCc1ccc(OCc2ccccc2)cc1Cl.O=C=O. The highest BCUT2D eigenvalue weighted by Gasteiger charge is 2.11. The maximum absolute atomic E-state index is 8.12. The van der Waals surface area contributed by atoms with Crippen LogP contribution in [0.1, 0.15) is 38.3 Å². The van der Waals surface area contributed by atoms with Gasteiger partial charge in [0.15, 0.2) is 0 Å². The third kappa shape index (κ3) is 7.96. The van der Waals surface area contributed by atoms with Crippen LogP contribution in [0.5, 0.6) is 5.75 Å². The summed E-state index contributed by atoms with van der Waals surface area (Å²) in [4.78, 5) is 16.2. The third-order valence-electron chi connectivity index (χ3n) is 3.42. The average Bonchev–Trinajstić information content (AvgIpc) is 2.53. The highest BCUT2D eigenvalue weighted by atomic mass is 35.5. The molecule has 0 aliphatic carbocycles. The van der Waals surface area contributed by atoms with Crippen LogP contribution in [0.15, 0.2) is 48.5 Å². The Morgan fingerprint density at radius 3 is 2.21 bits per heavy atom. The molecular weight excluding hydrogens is 324 g/mol. The maximum Gasteiger partial charge on any atom is 0.373 e. The number of carbonyl (C=O) groups excluding carboxylic acids is 2. The van der Waals surface area contributed by atoms with Crippen LogP contribution in [0.3, 0.4) is 0 Å². The molecule has 0 aromatic heterocycles. The standard InChI is InChI=1S/C19H23ClO.CO2/c1-19(2,3)12-11-16-9-10-17(13-18(16)20)21-14-15-7-5-4-6-8-15;2-1-3/h4-10,13H,11-12,14H2,1-3H3;. The lowest BCUT2D eigenvalue weighted by molar-refractivity contribution is -0.191. The molecule has 0 N–H and O–H groups in total. The number of rotatable bonds is 5. The third-order valence-corrected chi connectivity index (χ3v) is 3.77. The van der Waals surface area contributed by atoms with Gasteiger partial charge < -0.3 is 4.74 Å². The Morgan fingerprint density at radius 2 is 1.67 bits per heavy atom. The molecule has 24 heavy (non-hydrogen) atoms. The lowest BCUT2D eigenvalue weighted by Crippen LogP contribution is -2.06. The molecule has 0 bridgehead atoms. The fraction of sp³-hybridized carbons (Fsp3) is 0.350. The quantitative estimate of drug-likeness (QED) is 0.736. The Balaban J connectivity index is 0.000000891. The van der Waals surface area contributed by atoms with Gasteiger partial charge in [-0.15, -0.1) is 0 Å². The molecule has 3 nitrogen and oxygen atoms in total. The Kier molecular flexibility index (Phi) is 8.25. The fourth-order valence-electron chi connectivity index (χ4n) is 2.07. The Labute approximate surface area is 148 Å². The van der Waals surface area contributed by atoms with E-state index in [0.29, 0.717) is 12.0 Å². The zero-order valence-electron chi connectivity index (χ0n) is 14.3. The molecule has 0 radical (unpaired) electrons. The molecule has 0 atom stereocenters. The molecule has 0 saturated heterocycles. The summed E-state index contributed by atoms with van der Waals surface area (Å²) in [6.07, 6.45) is 2.37. The molecule has 0 heterocycles. The van der Waals surface area contributed by atoms with E-state index in [-0.39, 0.29) is 6.15 Å². The van der Waals surface area contributed by atoms with Crippen molar-refractivity contribution in [2.24, 2.45) is 5.41 Å². The molecule has 0 amide bonds. The summed E-state index contributed by atoms with van der Waals surface area (Å²) >= 11 is 6.36. The van der Waals surface area contributed by atoms with Crippen molar-refractivity contribution in [3.8, 4) is 5.75 Å². The van der Waals surface area contributed by atoms with Crippen LogP contribution >= 0.6 is 11.6 Å². The van der Waals surface area contributed by atoms with Gasteiger partial charge in [-0.2, -0.15) is 9.59 Å². The molecule has 2 rings (SSSR count). The summed E-state index contributed by atoms with van der Waals surface area (Å²) in [5.74, 6) is 0.823. The van der Waals surface area contributed by atoms with Crippen LogP contribution in [0.2, 0.25) is 5.02 Å². The smallest absolute Gasteiger partial charge is 0.373 e. The van der Waals surface area contributed by atoms with Crippen molar-refractivity contribution in [1.29, 1.82) is 0 Å². The molecule has 0 aliphatic rings. The van der Waals surface area contributed by atoms with Crippen LogP contribution in [0.4, 0.5) is 0 Å². The van der Waals surface area contributed by atoms with Crippen LogP contribution in [0, 0.1) is 5.41 Å². The fourth-order valence-corrected chi connectivity index (χ4v) is 2.34. The normalized spacial score (nSPS) is 10.3. The first-order chi connectivity index (χ1) is 11.4. The molecule has 2 aromatic rings. The highest BCUT2D eigenvalue weighted by Crippen LogP contribution is 2.28.